The minimum atomic E-state index is -0.0693. The molecule has 0 heterocycles. The number of benzene rings is 1. The summed E-state index contributed by atoms with van der Waals surface area (Å²) in [6, 6.07) is 7.47. The van der Waals surface area contributed by atoms with Crippen molar-refractivity contribution < 1.29 is 4.79 Å². The van der Waals surface area contributed by atoms with Crippen molar-refractivity contribution in [1.29, 1.82) is 0 Å². The second-order valence-electron chi connectivity index (χ2n) is 3.44. The molecule has 80 valence electrons. The van der Waals surface area contributed by atoms with Crippen molar-refractivity contribution in [3.63, 3.8) is 0 Å². The minimum Gasteiger partial charge on any atom is -0.378 e. The van der Waals surface area contributed by atoms with E-state index in [0.717, 1.165) is 5.69 Å². The predicted octanol–water partition coefficient (Wildman–Crippen LogP) is 1.67. The van der Waals surface area contributed by atoms with Crippen LogP contribution in [-0.4, -0.2) is 26.5 Å². The molecule has 0 fully saturated rings. The highest BCUT2D eigenvalue weighted by Gasteiger charge is 2.03. The van der Waals surface area contributed by atoms with Crippen molar-refractivity contribution in [2.45, 2.75) is 0 Å². The first-order valence-electron chi connectivity index (χ1n) is 4.81. The van der Waals surface area contributed by atoms with Crippen molar-refractivity contribution in [1.82, 2.24) is 5.32 Å². The van der Waals surface area contributed by atoms with Gasteiger partial charge in [-0.3, -0.25) is 4.79 Å². The van der Waals surface area contributed by atoms with Gasteiger partial charge in [-0.25, -0.2) is 0 Å². The molecule has 0 saturated carbocycles. The molecule has 1 N–H and O–H groups in total. The molecule has 0 radical (unpaired) electrons. The lowest BCUT2D eigenvalue weighted by atomic mass is 10.2. The van der Waals surface area contributed by atoms with Crippen LogP contribution >= 0.6 is 0 Å². The van der Waals surface area contributed by atoms with E-state index in [0.29, 0.717) is 12.1 Å². The summed E-state index contributed by atoms with van der Waals surface area (Å²) in [4.78, 5) is 13.5. The summed E-state index contributed by atoms with van der Waals surface area (Å²) in [5.74, 6) is -0.0693. The zero-order chi connectivity index (χ0) is 11.3. The van der Waals surface area contributed by atoms with Crippen LogP contribution in [0.4, 0.5) is 5.69 Å². The third kappa shape index (κ3) is 3.13. The van der Waals surface area contributed by atoms with E-state index >= 15 is 0 Å². The summed E-state index contributed by atoms with van der Waals surface area (Å²) >= 11 is 0. The van der Waals surface area contributed by atoms with E-state index in [1.165, 1.54) is 0 Å². The maximum atomic E-state index is 11.5. The highest BCUT2D eigenvalue weighted by molar-refractivity contribution is 5.94. The lowest BCUT2D eigenvalue weighted by molar-refractivity contribution is 0.0958. The largest absolute Gasteiger partial charge is 0.378 e. The maximum absolute atomic E-state index is 11.5. The summed E-state index contributed by atoms with van der Waals surface area (Å²) in [5, 5.41) is 2.73. The number of nitrogens with one attached hydrogen (secondary N) is 1. The molecule has 0 aliphatic rings. The standard InChI is InChI=1S/C12H16N2O/c1-4-9-13-12(15)10-5-7-11(8-6-10)14(2)3/h4-8H,1,9H2,2-3H3,(H,13,15). The summed E-state index contributed by atoms with van der Waals surface area (Å²) < 4.78 is 0. The van der Waals surface area contributed by atoms with Gasteiger partial charge in [0.25, 0.3) is 5.91 Å². The van der Waals surface area contributed by atoms with Crippen molar-refractivity contribution in [2.24, 2.45) is 0 Å². The van der Waals surface area contributed by atoms with Crippen LogP contribution in [0.3, 0.4) is 0 Å². The summed E-state index contributed by atoms with van der Waals surface area (Å²) in [5.41, 5.74) is 1.75. The van der Waals surface area contributed by atoms with Crippen LogP contribution < -0.4 is 10.2 Å². The molecule has 1 aromatic carbocycles. The number of amides is 1. The fourth-order valence-electron chi connectivity index (χ4n) is 1.18. The van der Waals surface area contributed by atoms with Gasteiger partial charge in [-0.05, 0) is 24.3 Å². The Morgan fingerprint density at radius 3 is 2.47 bits per heavy atom. The molecule has 0 aliphatic carbocycles. The van der Waals surface area contributed by atoms with Crippen LogP contribution in [0.2, 0.25) is 0 Å². The Labute approximate surface area is 90.4 Å². The first-order chi connectivity index (χ1) is 7.15. The minimum absolute atomic E-state index is 0.0693. The zero-order valence-corrected chi connectivity index (χ0v) is 9.16. The summed E-state index contributed by atoms with van der Waals surface area (Å²) in [6.45, 7) is 4.04. The molecule has 0 atom stereocenters. The molecule has 0 aromatic heterocycles. The van der Waals surface area contributed by atoms with Gasteiger partial charge < -0.3 is 10.2 Å². The topological polar surface area (TPSA) is 32.3 Å². The Kier molecular flexibility index (Phi) is 3.92. The quantitative estimate of drug-likeness (QED) is 0.757. The van der Waals surface area contributed by atoms with Gasteiger partial charge in [-0.1, -0.05) is 6.08 Å². The smallest absolute Gasteiger partial charge is 0.251 e. The molecule has 3 heteroatoms. The van der Waals surface area contributed by atoms with Gasteiger partial charge in [0.2, 0.25) is 0 Å². The highest BCUT2D eigenvalue weighted by atomic mass is 16.1. The Morgan fingerprint density at radius 2 is 2.00 bits per heavy atom. The third-order valence-corrected chi connectivity index (χ3v) is 2.05. The average molecular weight is 204 g/mol. The lowest BCUT2D eigenvalue weighted by Crippen LogP contribution is -2.23. The Balaban J connectivity index is 2.71. The highest BCUT2D eigenvalue weighted by Crippen LogP contribution is 2.11. The lowest BCUT2D eigenvalue weighted by Gasteiger charge is -2.12. The third-order valence-electron chi connectivity index (χ3n) is 2.05. The van der Waals surface area contributed by atoms with Crippen LogP contribution in [0.25, 0.3) is 0 Å². The molecule has 3 nitrogen and oxygen atoms in total. The molecule has 1 amide bonds. The molecule has 15 heavy (non-hydrogen) atoms. The van der Waals surface area contributed by atoms with Gasteiger partial charge in [0.15, 0.2) is 0 Å². The van der Waals surface area contributed by atoms with Crippen molar-refractivity contribution in [3.8, 4) is 0 Å². The van der Waals surface area contributed by atoms with E-state index in [4.69, 9.17) is 0 Å². The second-order valence-corrected chi connectivity index (χ2v) is 3.44. The Morgan fingerprint density at radius 1 is 1.40 bits per heavy atom. The fourth-order valence-corrected chi connectivity index (χ4v) is 1.18. The van der Waals surface area contributed by atoms with E-state index in [2.05, 4.69) is 11.9 Å². The van der Waals surface area contributed by atoms with Crippen LogP contribution in [-0.2, 0) is 0 Å². The van der Waals surface area contributed by atoms with Crippen LogP contribution in [0, 0.1) is 0 Å². The van der Waals surface area contributed by atoms with Gasteiger partial charge in [0, 0.05) is 31.9 Å². The van der Waals surface area contributed by atoms with E-state index < -0.39 is 0 Å². The molecule has 1 aromatic rings. The predicted molar refractivity (Wildman–Crippen MR) is 63.3 cm³/mol. The SMILES string of the molecule is C=CCNC(=O)c1ccc(N(C)C)cc1. The molecule has 0 saturated heterocycles. The Bertz CT molecular complexity index is 341. The van der Waals surface area contributed by atoms with Crippen LogP contribution in [0.5, 0.6) is 0 Å². The monoisotopic (exact) mass is 204 g/mol. The number of anilines is 1. The molecular formula is C12H16N2O. The summed E-state index contributed by atoms with van der Waals surface area (Å²) in [7, 11) is 3.93. The van der Waals surface area contributed by atoms with Crippen LogP contribution in [0.1, 0.15) is 10.4 Å². The Hall–Kier alpha value is -1.77. The molecular weight excluding hydrogens is 188 g/mol. The van der Waals surface area contributed by atoms with E-state index in [9.17, 15) is 4.79 Å². The molecule has 1 rings (SSSR count). The summed E-state index contributed by atoms with van der Waals surface area (Å²) in [6.07, 6.45) is 1.66. The van der Waals surface area contributed by atoms with Gasteiger partial charge in [-0.2, -0.15) is 0 Å². The van der Waals surface area contributed by atoms with Gasteiger partial charge >= 0.3 is 0 Å². The number of carbonyl (C=O) groups is 1. The first-order valence-corrected chi connectivity index (χ1v) is 4.81. The normalized spacial score (nSPS) is 9.47. The number of nitrogens with zero attached hydrogens (tertiary/aromatic N) is 1. The average Bonchev–Trinajstić information content (AvgIpc) is 2.26. The van der Waals surface area contributed by atoms with Gasteiger partial charge in [0.1, 0.15) is 0 Å². The molecule has 0 aliphatic heterocycles. The number of carbonyl (C=O) groups excluding carboxylic acids is 1. The van der Waals surface area contributed by atoms with Gasteiger partial charge in [0.05, 0.1) is 0 Å². The van der Waals surface area contributed by atoms with E-state index in [1.54, 1.807) is 6.08 Å². The number of rotatable bonds is 4. The van der Waals surface area contributed by atoms with Crippen LogP contribution in [0.15, 0.2) is 36.9 Å². The van der Waals surface area contributed by atoms with Crippen molar-refractivity contribution >= 4 is 11.6 Å². The van der Waals surface area contributed by atoms with Gasteiger partial charge in [-0.15, -0.1) is 6.58 Å². The molecule has 0 unspecified atom stereocenters. The van der Waals surface area contributed by atoms with Crippen molar-refractivity contribution in [2.75, 3.05) is 25.5 Å². The first kappa shape index (κ1) is 11.3. The fraction of sp³-hybridized carbons (Fsp3) is 0.250. The molecule has 0 bridgehead atoms. The number of hydrogen-bond donors (Lipinski definition) is 1. The molecule has 0 spiro atoms. The zero-order valence-electron chi connectivity index (χ0n) is 9.16. The number of hydrogen-bond acceptors (Lipinski definition) is 2. The van der Waals surface area contributed by atoms with E-state index in [1.807, 2.05) is 43.3 Å². The second kappa shape index (κ2) is 5.20. The van der Waals surface area contributed by atoms with E-state index in [-0.39, 0.29) is 5.91 Å². The maximum Gasteiger partial charge on any atom is 0.251 e. The van der Waals surface area contributed by atoms with Crippen molar-refractivity contribution in [3.05, 3.63) is 42.5 Å².